The van der Waals surface area contributed by atoms with Gasteiger partial charge in [0.1, 0.15) is 28.5 Å². The van der Waals surface area contributed by atoms with Crippen LogP contribution >= 0.6 is 11.8 Å². The van der Waals surface area contributed by atoms with Gasteiger partial charge >= 0.3 is 0 Å². The molecular weight excluding hydrogens is 428 g/mol. The van der Waals surface area contributed by atoms with E-state index in [-0.39, 0.29) is 44.7 Å². The maximum Gasteiger partial charge on any atom is 0.277 e. The molecule has 0 fully saturated rings. The highest BCUT2D eigenvalue weighted by Crippen LogP contribution is 2.40. The molecule has 1 heterocycles. The van der Waals surface area contributed by atoms with Crippen molar-refractivity contribution in [3.8, 4) is 23.3 Å². The molecule has 0 aliphatic heterocycles. The first-order chi connectivity index (χ1) is 15.4. The van der Waals surface area contributed by atoms with Crippen LogP contribution in [0.4, 0.5) is 17.2 Å². The van der Waals surface area contributed by atoms with E-state index in [1.807, 2.05) is 18.2 Å². The van der Waals surface area contributed by atoms with Gasteiger partial charge in [-0.25, -0.2) is 4.98 Å². The average molecular weight is 444 g/mol. The first-order valence-electron chi connectivity index (χ1n) is 9.27. The van der Waals surface area contributed by atoms with Crippen molar-refractivity contribution in [2.75, 3.05) is 11.1 Å². The molecule has 0 aliphatic carbocycles. The van der Waals surface area contributed by atoms with Crippen molar-refractivity contribution in [2.45, 2.75) is 17.2 Å². The van der Waals surface area contributed by atoms with E-state index in [4.69, 9.17) is 5.73 Å². The highest BCUT2D eigenvalue weighted by molar-refractivity contribution is 8.00. The lowest BCUT2D eigenvalue weighted by atomic mass is 9.95. The van der Waals surface area contributed by atoms with Crippen molar-refractivity contribution in [1.29, 1.82) is 10.5 Å². The molecular formula is C22H16N6O3S. The Kier molecular flexibility index (Phi) is 6.68. The molecule has 1 aromatic heterocycles. The molecule has 0 saturated heterocycles. The predicted octanol–water partition coefficient (Wildman–Crippen LogP) is 4.10. The molecule has 0 aliphatic rings. The number of hydrogen-bond donors (Lipinski definition) is 2. The van der Waals surface area contributed by atoms with E-state index in [9.17, 15) is 25.4 Å². The molecule has 3 N–H and O–H groups in total. The predicted molar refractivity (Wildman–Crippen MR) is 121 cm³/mol. The molecule has 1 atom stereocenters. The third kappa shape index (κ3) is 4.51. The normalized spacial score (nSPS) is 11.1. The van der Waals surface area contributed by atoms with E-state index >= 15 is 0 Å². The standard InChI is InChI=1S/C22H16N6O3S/c1-13(21(29)26-14-7-3-2-4-8-14)32-22-17(12-24)19(16(11-23)20(25)27-22)15-9-5-6-10-18(15)28(30)31/h2-10,13H,1H3,(H2,25,27)(H,26,29). The van der Waals surface area contributed by atoms with Gasteiger partial charge < -0.3 is 11.1 Å². The van der Waals surface area contributed by atoms with Crippen LogP contribution in [-0.4, -0.2) is 21.1 Å². The number of nitrogens with zero attached hydrogens (tertiary/aromatic N) is 4. The molecule has 158 valence electrons. The summed E-state index contributed by atoms with van der Waals surface area (Å²) in [5, 5.41) is 33.2. The van der Waals surface area contributed by atoms with Crippen molar-refractivity contribution in [3.05, 3.63) is 75.8 Å². The van der Waals surface area contributed by atoms with Crippen LogP contribution in [0.15, 0.2) is 59.6 Å². The number of nitrogen functional groups attached to an aromatic ring is 1. The van der Waals surface area contributed by atoms with Gasteiger partial charge in [-0.05, 0) is 25.1 Å². The number of nitrogens with one attached hydrogen (secondary N) is 1. The summed E-state index contributed by atoms with van der Waals surface area (Å²) in [6.07, 6.45) is 0. The number of benzene rings is 2. The van der Waals surface area contributed by atoms with Gasteiger partial charge in [0.25, 0.3) is 5.69 Å². The van der Waals surface area contributed by atoms with Gasteiger partial charge in [-0.1, -0.05) is 42.1 Å². The van der Waals surface area contributed by atoms with Gasteiger partial charge in [-0.15, -0.1) is 0 Å². The minimum atomic E-state index is -0.680. The molecule has 3 rings (SSSR count). The first kappa shape index (κ1) is 22.3. The number of carbonyl (C=O) groups excluding carboxylic acids is 1. The summed E-state index contributed by atoms with van der Waals surface area (Å²) in [7, 11) is 0. The quantitative estimate of drug-likeness (QED) is 0.326. The number of nitro groups is 1. The number of rotatable bonds is 6. The lowest BCUT2D eigenvalue weighted by Gasteiger charge is -2.16. The Labute approximate surface area is 187 Å². The Bertz CT molecular complexity index is 1280. The molecule has 1 unspecified atom stereocenters. The number of carbonyl (C=O) groups is 1. The van der Waals surface area contributed by atoms with Crippen LogP contribution in [0.25, 0.3) is 11.1 Å². The average Bonchev–Trinajstić information content (AvgIpc) is 2.79. The second-order valence-electron chi connectivity index (χ2n) is 6.54. The Hall–Kier alpha value is -4.41. The molecule has 1 amide bonds. The zero-order valence-electron chi connectivity index (χ0n) is 16.8. The number of para-hydroxylation sites is 2. The third-order valence-electron chi connectivity index (χ3n) is 4.48. The van der Waals surface area contributed by atoms with Gasteiger partial charge in [0.2, 0.25) is 5.91 Å². The molecule has 0 bridgehead atoms. The summed E-state index contributed by atoms with van der Waals surface area (Å²) >= 11 is 0.974. The second-order valence-corrected chi connectivity index (χ2v) is 7.87. The zero-order valence-corrected chi connectivity index (χ0v) is 17.6. The largest absolute Gasteiger partial charge is 0.383 e. The van der Waals surface area contributed by atoms with E-state index < -0.39 is 10.2 Å². The number of anilines is 2. The number of hydrogen-bond acceptors (Lipinski definition) is 8. The molecule has 32 heavy (non-hydrogen) atoms. The first-order valence-corrected chi connectivity index (χ1v) is 10.1. The van der Waals surface area contributed by atoms with Crippen LogP contribution in [0.3, 0.4) is 0 Å². The Morgan fingerprint density at radius 1 is 1.12 bits per heavy atom. The molecule has 2 aromatic carbocycles. The molecule has 0 saturated carbocycles. The Balaban J connectivity index is 2.07. The van der Waals surface area contributed by atoms with Gasteiger partial charge in [-0.2, -0.15) is 10.5 Å². The lowest BCUT2D eigenvalue weighted by Crippen LogP contribution is -2.22. The van der Waals surface area contributed by atoms with Gasteiger partial charge in [0.05, 0.1) is 21.3 Å². The van der Waals surface area contributed by atoms with Gasteiger partial charge in [-0.3, -0.25) is 14.9 Å². The maximum atomic E-state index is 12.6. The van der Waals surface area contributed by atoms with Crippen LogP contribution < -0.4 is 11.1 Å². The van der Waals surface area contributed by atoms with Crippen LogP contribution in [0, 0.1) is 32.8 Å². The number of pyridine rings is 1. The summed E-state index contributed by atoms with van der Waals surface area (Å²) < 4.78 is 0. The number of nitriles is 2. The summed E-state index contributed by atoms with van der Waals surface area (Å²) in [5.41, 5.74) is 6.19. The van der Waals surface area contributed by atoms with Crippen molar-refractivity contribution in [2.24, 2.45) is 0 Å². The molecule has 0 spiro atoms. The lowest BCUT2D eigenvalue weighted by molar-refractivity contribution is -0.384. The van der Waals surface area contributed by atoms with E-state index in [0.717, 1.165) is 11.8 Å². The Morgan fingerprint density at radius 3 is 2.38 bits per heavy atom. The monoisotopic (exact) mass is 444 g/mol. The fraction of sp³-hybridized carbons (Fsp3) is 0.0909. The summed E-state index contributed by atoms with van der Waals surface area (Å²) in [6.45, 7) is 1.63. The fourth-order valence-electron chi connectivity index (χ4n) is 2.98. The number of amides is 1. The maximum absolute atomic E-state index is 12.6. The van der Waals surface area contributed by atoms with Crippen molar-refractivity contribution >= 4 is 34.9 Å². The van der Waals surface area contributed by atoms with Crippen LogP contribution in [0.5, 0.6) is 0 Å². The molecule has 9 nitrogen and oxygen atoms in total. The third-order valence-corrected chi connectivity index (χ3v) is 5.57. The Morgan fingerprint density at radius 2 is 1.75 bits per heavy atom. The highest BCUT2D eigenvalue weighted by atomic mass is 32.2. The zero-order chi connectivity index (χ0) is 23.3. The van der Waals surface area contributed by atoms with Crippen molar-refractivity contribution in [3.63, 3.8) is 0 Å². The number of aromatic nitrogens is 1. The van der Waals surface area contributed by atoms with Gasteiger partial charge in [0.15, 0.2) is 0 Å². The summed E-state index contributed by atoms with van der Waals surface area (Å²) in [6, 6.07) is 18.5. The van der Waals surface area contributed by atoms with E-state index in [1.165, 1.54) is 18.2 Å². The minimum absolute atomic E-state index is 0.0213. The fourth-order valence-corrected chi connectivity index (χ4v) is 3.90. The molecule has 3 aromatic rings. The topological polar surface area (TPSA) is 159 Å². The molecule has 0 radical (unpaired) electrons. The SMILES string of the molecule is CC(Sc1nc(N)c(C#N)c(-c2ccccc2[N+](=O)[O-])c1C#N)C(=O)Nc1ccccc1. The highest BCUT2D eigenvalue weighted by Gasteiger charge is 2.27. The van der Waals surface area contributed by atoms with Gasteiger partial charge in [0, 0.05) is 17.3 Å². The number of nitro benzene ring substituents is 1. The van der Waals surface area contributed by atoms with Crippen molar-refractivity contribution in [1.82, 2.24) is 4.98 Å². The minimum Gasteiger partial charge on any atom is -0.383 e. The smallest absolute Gasteiger partial charge is 0.277 e. The summed E-state index contributed by atoms with van der Waals surface area (Å²) in [5.74, 6) is -0.514. The van der Waals surface area contributed by atoms with Crippen LogP contribution in [0.1, 0.15) is 18.1 Å². The summed E-state index contributed by atoms with van der Waals surface area (Å²) in [4.78, 5) is 27.7. The van der Waals surface area contributed by atoms with E-state index in [0.29, 0.717) is 5.69 Å². The van der Waals surface area contributed by atoms with Crippen LogP contribution in [0.2, 0.25) is 0 Å². The number of thioether (sulfide) groups is 1. The van der Waals surface area contributed by atoms with E-state index in [1.54, 1.807) is 37.3 Å². The second kappa shape index (κ2) is 9.60. The van der Waals surface area contributed by atoms with Crippen molar-refractivity contribution < 1.29 is 9.72 Å². The van der Waals surface area contributed by atoms with E-state index in [2.05, 4.69) is 10.3 Å². The number of nitrogens with two attached hydrogens (primary N) is 1. The molecule has 10 heteroatoms. The van der Waals surface area contributed by atoms with Crippen LogP contribution in [-0.2, 0) is 4.79 Å².